The summed E-state index contributed by atoms with van der Waals surface area (Å²) >= 11 is 6.09. The second kappa shape index (κ2) is 10.8. The number of halogens is 1. The highest BCUT2D eigenvalue weighted by atomic mass is 35.5. The molecule has 35 heavy (non-hydrogen) atoms. The van der Waals surface area contributed by atoms with Gasteiger partial charge in [-0.3, -0.25) is 14.4 Å². The van der Waals surface area contributed by atoms with Crippen molar-refractivity contribution in [3.63, 3.8) is 0 Å². The molecule has 0 aliphatic carbocycles. The number of amides is 1. The van der Waals surface area contributed by atoms with Crippen LogP contribution < -0.4 is 10.0 Å². The number of carbonyl (C=O) groups is 1. The van der Waals surface area contributed by atoms with E-state index in [4.69, 9.17) is 11.6 Å². The molecule has 1 unspecified atom stereocenters. The van der Waals surface area contributed by atoms with E-state index in [1.807, 2.05) is 24.3 Å². The van der Waals surface area contributed by atoms with Crippen molar-refractivity contribution in [1.82, 2.24) is 4.90 Å². The first-order valence-corrected chi connectivity index (χ1v) is 13.6. The molecule has 1 fully saturated rings. The van der Waals surface area contributed by atoms with Gasteiger partial charge in [0.05, 0.1) is 10.6 Å². The number of hydrogen-bond acceptors (Lipinski definition) is 4. The second-order valence-electron chi connectivity index (χ2n) is 9.18. The Morgan fingerprint density at radius 1 is 1.06 bits per heavy atom. The van der Waals surface area contributed by atoms with Gasteiger partial charge in [0.15, 0.2) is 0 Å². The first kappa shape index (κ1) is 25.2. The zero-order chi connectivity index (χ0) is 25.0. The molecule has 0 aromatic heterocycles. The molecule has 0 radical (unpaired) electrons. The normalized spacial score (nSPS) is 16.6. The van der Waals surface area contributed by atoms with Crippen LogP contribution in [0.5, 0.6) is 0 Å². The Bertz CT molecular complexity index is 1290. The van der Waals surface area contributed by atoms with Crippen molar-refractivity contribution in [3.05, 3.63) is 88.4 Å². The summed E-state index contributed by atoms with van der Waals surface area (Å²) in [5, 5.41) is 3.31. The molecule has 0 saturated carbocycles. The molecule has 0 spiro atoms. The molecule has 1 aliphatic rings. The number of hydrogen-bond donors (Lipinski definition) is 2. The first-order chi connectivity index (χ1) is 16.7. The monoisotopic (exact) mass is 511 g/mol. The predicted octanol–water partition coefficient (Wildman–Crippen LogP) is 5.93. The van der Waals surface area contributed by atoms with E-state index in [9.17, 15) is 13.2 Å². The molecule has 184 valence electrons. The number of nitrogens with zero attached hydrogens (tertiary/aromatic N) is 1. The number of anilines is 2. The van der Waals surface area contributed by atoms with Gasteiger partial charge in [-0.25, -0.2) is 8.42 Å². The van der Waals surface area contributed by atoms with Crippen LogP contribution in [0.15, 0.2) is 71.6 Å². The molecule has 1 amide bonds. The molecule has 8 heteroatoms. The van der Waals surface area contributed by atoms with E-state index < -0.39 is 10.0 Å². The number of carbonyl (C=O) groups excluding carboxylic acids is 1. The van der Waals surface area contributed by atoms with Crippen LogP contribution in [0.4, 0.5) is 11.4 Å². The summed E-state index contributed by atoms with van der Waals surface area (Å²) in [5.41, 5.74) is 3.33. The van der Waals surface area contributed by atoms with Crippen LogP contribution in [0.2, 0.25) is 5.02 Å². The molecular formula is C27H30ClN3O3S. The van der Waals surface area contributed by atoms with E-state index in [1.54, 1.807) is 37.3 Å². The second-order valence-corrected chi connectivity index (χ2v) is 11.3. The Balaban J connectivity index is 1.37. The van der Waals surface area contributed by atoms with Gasteiger partial charge < -0.3 is 5.32 Å². The van der Waals surface area contributed by atoms with Gasteiger partial charge in [-0.1, -0.05) is 36.7 Å². The fraction of sp³-hybridized carbons (Fsp3) is 0.296. The van der Waals surface area contributed by atoms with Crippen molar-refractivity contribution in [1.29, 1.82) is 0 Å². The Morgan fingerprint density at radius 3 is 2.46 bits per heavy atom. The van der Waals surface area contributed by atoms with Crippen molar-refractivity contribution in [2.24, 2.45) is 5.92 Å². The van der Waals surface area contributed by atoms with Crippen LogP contribution >= 0.6 is 11.6 Å². The number of nitrogens with one attached hydrogen (secondary N) is 2. The highest BCUT2D eigenvalue weighted by Gasteiger charge is 2.18. The molecule has 4 rings (SSSR count). The van der Waals surface area contributed by atoms with Crippen molar-refractivity contribution in [3.8, 4) is 0 Å². The summed E-state index contributed by atoms with van der Waals surface area (Å²) in [4.78, 5) is 15.2. The Labute approximate surface area is 212 Å². The molecule has 6 nitrogen and oxygen atoms in total. The van der Waals surface area contributed by atoms with Crippen molar-refractivity contribution >= 4 is 38.9 Å². The van der Waals surface area contributed by atoms with Crippen molar-refractivity contribution in [2.75, 3.05) is 23.1 Å². The largest absolute Gasteiger partial charge is 0.322 e. The van der Waals surface area contributed by atoms with E-state index in [0.29, 0.717) is 27.5 Å². The number of piperidine rings is 1. The van der Waals surface area contributed by atoms with Crippen LogP contribution in [0.1, 0.15) is 41.3 Å². The van der Waals surface area contributed by atoms with Gasteiger partial charge in [0, 0.05) is 29.4 Å². The molecule has 1 atom stereocenters. The lowest BCUT2D eigenvalue weighted by Gasteiger charge is -2.30. The average Bonchev–Trinajstić information content (AvgIpc) is 2.83. The summed E-state index contributed by atoms with van der Waals surface area (Å²) in [6, 6.07) is 18.8. The number of benzene rings is 3. The minimum absolute atomic E-state index is 0.0891. The fourth-order valence-electron chi connectivity index (χ4n) is 4.29. The molecule has 1 saturated heterocycles. The Morgan fingerprint density at radius 2 is 1.77 bits per heavy atom. The maximum absolute atomic E-state index is 12.8. The number of likely N-dealkylation sites (tertiary alicyclic amines) is 1. The standard InChI is InChI=1S/C27H30ClN3O3S/c1-19-5-4-16-31(17-19)18-21-8-10-22(11-9-21)27(32)29-23-12-14-24(15-13-23)35(33,34)30-26-7-3-6-25(28)20(26)2/h3,6-15,19,30H,4-5,16-18H2,1-2H3,(H,29,32). The fourth-order valence-corrected chi connectivity index (χ4v) is 5.59. The highest BCUT2D eigenvalue weighted by Crippen LogP contribution is 2.26. The maximum Gasteiger partial charge on any atom is 0.261 e. The minimum Gasteiger partial charge on any atom is -0.322 e. The van der Waals surface area contributed by atoms with E-state index in [1.165, 1.54) is 30.5 Å². The molecule has 0 bridgehead atoms. The molecule has 1 aliphatic heterocycles. The molecule has 1 heterocycles. The van der Waals surface area contributed by atoms with E-state index in [2.05, 4.69) is 21.9 Å². The Kier molecular flexibility index (Phi) is 7.79. The molecule has 3 aromatic carbocycles. The van der Waals surface area contributed by atoms with Gasteiger partial charge in [-0.05, 0) is 91.9 Å². The SMILES string of the molecule is Cc1c(Cl)cccc1NS(=O)(=O)c1ccc(NC(=O)c2ccc(CN3CCCC(C)C3)cc2)cc1. The smallest absolute Gasteiger partial charge is 0.261 e. The lowest BCUT2D eigenvalue weighted by Crippen LogP contribution is -2.33. The predicted molar refractivity (Wildman–Crippen MR) is 142 cm³/mol. The Hall–Kier alpha value is -2.87. The van der Waals surface area contributed by atoms with Crippen LogP contribution in [0, 0.1) is 12.8 Å². The average molecular weight is 512 g/mol. The van der Waals surface area contributed by atoms with Crippen LogP contribution in [-0.2, 0) is 16.6 Å². The van der Waals surface area contributed by atoms with Crippen molar-refractivity contribution in [2.45, 2.75) is 38.1 Å². The van der Waals surface area contributed by atoms with Crippen LogP contribution in [0.25, 0.3) is 0 Å². The van der Waals surface area contributed by atoms with Crippen LogP contribution in [0.3, 0.4) is 0 Å². The number of sulfonamides is 1. The minimum atomic E-state index is -3.80. The lowest BCUT2D eigenvalue weighted by atomic mass is 9.99. The zero-order valence-electron chi connectivity index (χ0n) is 19.9. The van der Waals surface area contributed by atoms with Gasteiger partial charge in [0.25, 0.3) is 15.9 Å². The summed E-state index contributed by atoms with van der Waals surface area (Å²) in [6.45, 7) is 7.16. The molecule has 3 aromatic rings. The third-order valence-corrected chi connectivity index (χ3v) is 8.09. The molecular weight excluding hydrogens is 482 g/mol. The maximum atomic E-state index is 12.8. The third-order valence-electron chi connectivity index (χ3n) is 6.30. The quantitative estimate of drug-likeness (QED) is 0.412. The summed E-state index contributed by atoms with van der Waals surface area (Å²) in [7, 11) is -3.80. The van der Waals surface area contributed by atoms with E-state index in [-0.39, 0.29) is 10.8 Å². The lowest BCUT2D eigenvalue weighted by molar-refractivity contribution is 0.102. The highest BCUT2D eigenvalue weighted by molar-refractivity contribution is 7.92. The van der Waals surface area contributed by atoms with E-state index in [0.717, 1.165) is 25.6 Å². The first-order valence-electron chi connectivity index (χ1n) is 11.7. The van der Waals surface area contributed by atoms with E-state index >= 15 is 0 Å². The zero-order valence-corrected chi connectivity index (χ0v) is 21.5. The summed E-state index contributed by atoms with van der Waals surface area (Å²) in [6.07, 6.45) is 2.53. The van der Waals surface area contributed by atoms with Gasteiger partial charge >= 0.3 is 0 Å². The van der Waals surface area contributed by atoms with Gasteiger partial charge in [-0.15, -0.1) is 0 Å². The topological polar surface area (TPSA) is 78.5 Å². The van der Waals surface area contributed by atoms with Crippen molar-refractivity contribution < 1.29 is 13.2 Å². The third kappa shape index (κ3) is 6.42. The van der Waals surface area contributed by atoms with Gasteiger partial charge in [0.1, 0.15) is 0 Å². The van der Waals surface area contributed by atoms with Crippen LogP contribution in [-0.4, -0.2) is 32.3 Å². The number of rotatable bonds is 7. The molecule has 2 N–H and O–H groups in total. The van der Waals surface area contributed by atoms with Gasteiger partial charge in [-0.2, -0.15) is 0 Å². The summed E-state index contributed by atoms with van der Waals surface area (Å²) in [5.74, 6) is 0.485. The summed E-state index contributed by atoms with van der Waals surface area (Å²) < 4.78 is 28.1. The van der Waals surface area contributed by atoms with Gasteiger partial charge in [0.2, 0.25) is 0 Å².